The average Bonchev–Trinajstić information content (AvgIpc) is 2.19. The Hall–Kier alpha value is -1.57. The first kappa shape index (κ1) is 13.5. The maximum atomic E-state index is 12.1. The minimum absolute atomic E-state index is 0.0336. The van der Waals surface area contributed by atoms with Crippen LogP contribution in [-0.2, 0) is 0 Å². The van der Waals surface area contributed by atoms with Crippen LogP contribution >= 0.6 is 15.9 Å². The fraction of sp³-hybridized carbons (Fsp3) is 0.222. The molecule has 1 aromatic carbocycles. The molecule has 5 nitrogen and oxygen atoms in total. The van der Waals surface area contributed by atoms with Crippen LogP contribution < -0.4 is 4.74 Å². The first-order valence-electron chi connectivity index (χ1n) is 4.27. The van der Waals surface area contributed by atoms with Gasteiger partial charge in [-0.05, 0) is 28.9 Å². The number of rotatable bonds is 4. The summed E-state index contributed by atoms with van der Waals surface area (Å²) >= 11 is 2.85. The Kier molecular flexibility index (Phi) is 4.11. The van der Waals surface area contributed by atoms with Gasteiger partial charge in [-0.25, -0.2) is 0 Å². The van der Waals surface area contributed by atoms with Crippen LogP contribution in [0.2, 0.25) is 0 Å². The Labute approximate surface area is 103 Å². The molecule has 0 aliphatic heterocycles. The zero-order valence-electron chi connectivity index (χ0n) is 8.45. The molecule has 0 spiro atoms. The predicted molar refractivity (Wildman–Crippen MR) is 57.4 cm³/mol. The largest absolute Gasteiger partial charge is 0.426 e. The number of ether oxygens (including phenoxy) is 1. The smallest absolute Gasteiger partial charge is 0.387 e. The van der Waals surface area contributed by atoms with Crippen molar-refractivity contribution in [3.8, 4) is 5.75 Å². The van der Waals surface area contributed by atoms with Crippen molar-refractivity contribution >= 4 is 27.4 Å². The Morgan fingerprint density at radius 2 is 2.12 bits per heavy atom. The molecular weight excluding hydrogens is 304 g/mol. The van der Waals surface area contributed by atoms with Gasteiger partial charge in [-0.2, -0.15) is 8.78 Å². The molecule has 8 heteroatoms. The number of hydrogen-bond donors (Lipinski definition) is 0. The lowest BCUT2D eigenvalue weighted by molar-refractivity contribution is -0.386. The summed E-state index contributed by atoms with van der Waals surface area (Å²) in [6.07, 6.45) is 0. The maximum Gasteiger partial charge on any atom is 0.387 e. The summed E-state index contributed by atoms with van der Waals surface area (Å²) in [5.74, 6) is -1.08. The van der Waals surface area contributed by atoms with Crippen LogP contribution in [0.3, 0.4) is 0 Å². The topological polar surface area (TPSA) is 69.4 Å². The number of carbonyl (C=O) groups excluding carboxylic acids is 1. The molecule has 0 amide bonds. The van der Waals surface area contributed by atoms with Crippen LogP contribution in [0.1, 0.15) is 17.3 Å². The molecule has 0 saturated carbocycles. The molecule has 0 N–H and O–H groups in total. The highest BCUT2D eigenvalue weighted by Crippen LogP contribution is 2.38. The summed E-state index contributed by atoms with van der Waals surface area (Å²) in [4.78, 5) is 20.9. The van der Waals surface area contributed by atoms with Crippen molar-refractivity contribution < 1.29 is 23.2 Å². The molecule has 0 bridgehead atoms. The van der Waals surface area contributed by atoms with E-state index in [4.69, 9.17) is 0 Å². The van der Waals surface area contributed by atoms with Gasteiger partial charge in [-0.3, -0.25) is 14.9 Å². The molecule has 0 aliphatic rings. The van der Waals surface area contributed by atoms with Crippen LogP contribution in [0.4, 0.5) is 14.5 Å². The molecular formula is C9H6BrF2NO4. The van der Waals surface area contributed by atoms with E-state index in [-0.39, 0.29) is 10.0 Å². The number of benzene rings is 1. The fourth-order valence-electron chi connectivity index (χ4n) is 1.16. The second kappa shape index (κ2) is 5.17. The highest BCUT2D eigenvalue weighted by molar-refractivity contribution is 9.10. The number of alkyl halides is 2. The van der Waals surface area contributed by atoms with Gasteiger partial charge in [0.2, 0.25) is 5.75 Å². The third-order valence-electron chi connectivity index (χ3n) is 1.86. The lowest BCUT2D eigenvalue weighted by atomic mass is 10.1. The van der Waals surface area contributed by atoms with E-state index in [1.807, 2.05) is 0 Å². The van der Waals surface area contributed by atoms with E-state index >= 15 is 0 Å². The van der Waals surface area contributed by atoms with Crippen molar-refractivity contribution in [2.24, 2.45) is 0 Å². The number of ketones is 1. The van der Waals surface area contributed by atoms with Gasteiger partial charge in [0.05, 0.1) is 9.40 Å². The summed E-state index contributed by atoms with van der Waals surface area (Å²) in [5, 5.41) is 10.6. The Morgan fingerprint density at radius 1 is 1.53 bits per heavy atom. The third-order valence-corrected chi connectivity index (χ3v) is 2.65. The molecule has 0 radical (unpaired) electrons. The number of Topliss-reactive ketones (excluding diaryl/α,β-unsaturated/α-hetero) is 1. The molecule has 0 saturated heterocycles. The molecule has 17 heavy (non-hydrogen) atoms. The molecule has 92 valence electrons. The van der Waals surface area contributed by atoms with Crippen molar-refractivity contribution in [3.05, 3.63) is 32.3 Å². The summed E-state index contributed by atoms with van der Waals surface area (Å²) in [6.45, 7) is -2.01. The van der Waals surface area contributed by atoms with Gasteiger partial charge in [0, 0.05) is 11.6 Å². The number of nitro benzene ring substituents is 1. The highest BCUT2D eigenvalue weighted by Gasteiger charge is 2.25. The van der Waals surface area contributed by atoms with E-state index in [9.17, 15) is 23.7 Å². The van der Waals surface area contributed by atoms with Gasteiger partial charge in [0.15, 0.2) is 5.78 Å². The highest BCUT2D eigenvalue weighted by atomic mass is 79.9. The van der Waals surface area contributed by atoms with Crippen LogP contribution in [0.5, 0.6) is 5.75 Å². The fourth-order valence-corrected chi connectivity index (χ4v) is 1.87. The normalized spacial score (nSPS) is 10.4. The SMILES string of the molecule is CC(=O)c1ccc([N+](=O)[O-])c(OC(F)F)c1Br. The summed E-state index contributed by atoms with van der Waals surface area (Å²) in [5.41, 5.74) is -0.603. The van der Waals surface area contributed by atoms with E-state index in [1.165, 1.54) is 13.0 Å². The average molecular weight is 310 g/mol. The summed E-state index contributed by atoms with van der Waals surface area (Å²) < 4.78 is 28.2. The lowest BCUT2D eigenvalue weighted by Crippen LogP contribution is -2.07. The van der Waals surface area contributed by atoms with Crippen molar-refractivity contribution in [3.63, 3.8) is 0 Å². The molecule has 0 aliphatic carbocycles. The van der Waals surface area contributed by atoms with Gasteiger partial charge < -0.3 is 4.74 Å². The molecule has 0 atom stereocenters. The first-order valence-corrected chi connectivity index (χ1v) is 5.06. The van der Waals surface area contributed by atoms with Crippen LogP contribution in [-0.4, -0.2) is 17.3 Å². The molecule has 1 aromatic rings. The first-order chi connectivity index (χ1) is 7.84. The van der Waals surface area contributed by atoms with Gasteiger partial charge >= 0.3 is 12.3 Å². The van der Waals surface area contributed by atoms with Crippen molar-refractivity contribution in [2.45, 2.75) is 13.5 Å². The predicted octanol–water partition coefficient (Wildman–Crippen LogP) is 3.16. The number of hydrogen-bond acceptors (Lipinski definition) is 4. The Balaban J connectivity index is 3.41. The number of carbonyl (C=O) groups is 1. The number of nitrogens with zero attached hydrogens (tertiary/aromatic N) is 1. The van der Waals surface area contributed by atoms with E-state index in [0.717, 1.165) is 6.07 Å². The van der Waals surface area contributed by atoms with Gasteiger partial charge in [-0.1, -0.05) is 0 Å². The quantitative estimate of drug-likeness (QED) is 0.486. The minimum atomic E-state index is -3.22. The van der Waals surface area contributed by atoms with Gasteiger partial charge in [-0.15, -0.1) is 0 Å². The van der Waals surface area contributed by atoms with Gasteiger partial charge in [0.25, 0.3) is 0 Å². The second-order valence-corrected chi connectivity index (χ2v) is 3.76. The molecule has 0 heterocycles. The standard InChI is InChI=1S/C9H6BrF2NO4/c1-4(14)5-2-3-6(13(15)16)8(7(5)10)17-9(11)12/h2-3,9H,1H3. The van der Waals surface area contributed by atoms with E-state index in [2.05, 4.69) is 20.7 Å². The maximum absolute atomic E-state index is 12.1. The van der Waals surface area contributed by atoms with Crippen molar-refractivity contribution in [1.29, 1.82) is 0 Å². The van der Waals surface area contributed by atoms with Crippen LogP contribution in [0, 0.1) is 10.1 Å². The third kappa shape index (κ3) is 2.96. The molecule has 0 unspecified atom stereocenters. The molecule has 0 aromatic heterocycles. The zero-order chi connectivity index (χ0) is 13.2. The van der Waals surface area contributed by atoms with Crippen molar-refractivity contribution in [2.75, 3.05) is 0 Å². The monoisotopic (exact) mass is 309 g/mol. The lowest BCUT2D eigenvalue weighted by Gasteiger charge is -2.09. The van der Waals surface area contributed by atoms with Gasteiger partial charge in [0.1, 0.15) is 0 Å². The number of halogens is 3. The molecule has 1 rings (SSSR count). The van der Waals surface area contributed by atoms with E-state index in [1.54, 1.807) is 0 Å². The second-order valence-electron chi connectivity index (χ2n) is 2.97. The Bertz CT molecular complexity index is 478. The van der Waals surface area contributed by atoms with Crippen molar-refractivity contribution in [1.82, 2.24) is 0 Å². The summed E-state index contributed by atoms with van der Waals surface area (Å²) in [6, 6.07) is 2.11. The minimum Gasteiger partial charge on any atom is -0.426 e. The molecule has 0 fully saturated rings. The Morgan fingerprint density at radius 3 is 2.53 bits per heavy atom. The van der Waals surface area contributed by atoms with E-state index < -0.39 is 28.8 Å². The van der Waals surface area contributed by atoms with Crippen LogP contribution in [0.25, 0.3) is 0 Å². The van der Waals surface area contributed by atoms with Crippen LogP contribution in [0.15, 0.2) is 16.6 Å². The number of nitro groups is 1. The zero-order valence-corrected chi connectivity index (χ0v) is 10.0. The summed E-state index contributed by atoms with van der Waals surface area (Å²) in [7, 11) is 0. The van der Waals surface area contributed by atoms with E-state index in [0.29, 0.717) is 0 Å².